The minimum absolute atomic E-state index is 0.206. The molecule has 0 atom stereocenters. The quantitative estimate of drug-likeness (QED) is 0.570. The number of ether oxygens (including phenoxy) is 1. The fourth-order valence-corrected chi connectivity index (χ4v) is 2.97. The van der Waals surface area contributed by atoms with Crippen molar-refractivity contribution >= 4 is 22.5 Å². The lowest BCUT2D eigenvalue weighted by Gasteiger charge is -2.16. The molecular weight excluding hydrogens is 342 g/mol. The number of anilines is 2. The van der Waals surface area contributed by atoms with Crippen LogP contribution in [0, 0.1) is 6.92 Å². The molecule has 2 aromatic heterocycles. The summed E-state index contributed by atoms with van der Waals surface area (Å²) < 4.78 is 7.03. The van der Waals surface area contributed by atoms with Gasteiger partial charge in [-0.05, 0) is 30.2 Å². The fraction of sp³-hybridized carbons (Fsp3) is 0.150. The monoisotopic (exact) mass is 361 g/mol. The molecular formula is C20H19N5O2. The van der Waals surface area contributed by atoms with Gasteiger partial charge in [-0.25, -0.2) is 0 Å². The Morgan fingerprint density at radius 2 is 2.04 bits per heavy atom. The van der Waals surface area contributed by atoms with Gasteiger partial charge < -0.3 is 14.6 Å². The van der Waals surface area contributed by atoms with Crippen LogP contribution in [0.3, 0.4) is 0 Å². The van der Waals surface area contributed by atoms with Crippen LogP contribution in [-0.2, 0) is 6.54 Å². The summed E-state index contributed by atoms with van der Waals surface area (Å²) >= 11 is 0. The molecule has 2 aromatic carbocycles. The Balaban J connectivity index is 1.77. The highest BCUT2D eigenvalue weighted by molar-refractivity contribution is 5.84. The zero-order chi connectivity index (χ0) is 18.8. The molecule has 0 saturated heterocycles. The first kappa shape index (κ1) is 16.8. The van der Waals surface area contributed by atoms with Crippen LogP contribution >= 0.6 is 0 Å². The maximum Gasteiger partial charge on any atom is 0.316 e. The molecule has 0 amide bonds. The number of hydrogen-bond donors (Lipinski definition) is 2. The molecule has 0 aliphatic heterocycles. The topological polar surface area (TPSA) is 84.8 Å². The lowest BCUT2D eigenvalue weighted by atomic mass is 10.1. The van der Waals surface area contributed by atoms with Crippen LogP contribution in [0.2, 0.25) is 0 Å². The summed E-state index contributed by atoms with van der Waals surface area (Å²) in [5.74, 6) is 0.656. The Labute approximate surface area is 155 Å². The third-order valence-electron chi connectivity index (χ3n) is 4.41. The van der Waals surface area contributed by atoms with E-state index < -0.39 is 5.56 Å². The lowest BCUT2D eigenvalue weighted by Crippen LogP contribution is -2.19. The van der Waals surface area contributed by atoms with Gasteiger partial charge in [-0.2, -0.15) is 10.1 Å². The Morgan fingerprint density at radius 1 is 1.22 bits per heavy atom. The summed E-state index contributed by atoms with van der Waals surface area (Å²) in [6.07, 6.45) is 3.46. The van der Waals surface area contributed by atoms with Gasteiger partial charge in [-0.15, -0.1) is 0 Å². The molecule has 0 bridgehead atoms. The van der Waals surface area contributed by atoms with Gasteiger partial charge in [0.1, 0.15) is 0 Å². The van der Waals surface area contributed by atoms with Gasteiger partial charge in [0.25, 0.3) is 0 Å². The number of aromatic amines is 1. The number of aryl methyl sites for hydroxylation is 1. The standard InChI is InChI=1S/C20H19N5O2/c1-13-8-15-10-21-24-17(15)9-16(13)22-20-23-19(26)18(27-2)12-25(20)11-14-6-4-3-5-7-14/h3-10,12H,11H2,1-2H3,(H,21,24)(H,22,23,26). The van der Waals surface area contributed by atoms with Gasteiger partial charge >= 0.3 is 5.56 Å². The third-order valence-corrected chi connectivity index (χ3v) is 4.41. The van der Waals surface area contributed by atoms with Crippen LogP contribution in [-0.4, -0.2) is 26.9 Å². The molecule has 4 rings (SSSR count). The molecule has 2 heterocycles. The Morgan fingerprint density at radius 3 is 2.81 bits per heavy atom. The summed E-state index contributed by atoms with van der Waals surface area (Å²) in [7, 11) is 1.47. The van der Waals surface area contributed by atoms with Gasteiger partial charge in [-0.1, -0.05) is 30.3 Å². The number of aromatic nitrogens is 4. The molecule has 0 radical (unpaired) electrons. The first-order valence-corrected chi connectivity index (χ1v) is 8.54. The summed E-state index contributed by atoms with van der Waals surface area (Å²) in [6.45, 7) is 2.55. The molecule has 2 N–H and O–H groups in total. The highest BCUT2D eigenvalue weighted by Gasteiger charge is 2.12. The molecule has 7 heteroatoms. The maximum absolute atomic E-state index is 12.2. The van der Waals surface area contributed by atoms with Crippen molar-refractivity contribution in [3.63, 3.8) is 0 Å². The summed E-state index contributed by atoms with van der Waals surface area (Å²) in [5, 5.41) is 11.3. The van der Waals surface area contributed by atoms with Crippen LogP contribution in [0.25, 0.3) is 10.9 Å². The van der Waals surface area contributed by atoms with Crippen molar-refractivity contribution in [2.45, 2.75) is 13.5 Å². The van der Waals surface area contributed by atoms with E-state index in [9.17, 15) is 4.79 Å². The summed E-state index contributed by atoms with van der Waals surface area (Å²) in [5.41, 5.74) is 3.47. The van der Waals surface area contributed by atoms with Gasteiger partial charge in [-0.3, -0.25) is 9.89 Å². The van der Waals surface area contributed by atoms with E-state index in [4.69, 9.17) is 4.74 Å². The van der Waals surface area contributed by atoms with Crippen LogP contribution < -0.4 is 15.6 Å². The summed E-state index contributed by atoms with van der Waals surface area (Å²) in [6, 6.07) is 14.0. The SMILES string of the molecule is COc1cn(Cc2ccccc2)c(Nc2cc3[nH]ncc3cc2C)nc1=O. The van der Waals surface area contributed by atoms with E-state index in [2.05, 4.69) is 20.5 Å². The van der Waals surface area contributed by atoms with Crippen molar-refractivity contribution in [3.8, 4) is 5.75 Å². The number of fused-ring (bicyclic) bond motifs is 1. The molecule has 0 unspecified atom stereocenters. The van der Waals surface area contributed by atoms with E-state index in [0.29, 0.717) is 12.5 Å². The number of rotatable bonds is 5. The van der Waals surface area contributed by atoms with Crippen molar-refractivity contribution in [2.75, 3.05) is 12.4 Å². The average molecular weight is 361 g/mol. The van der Waals surface area contributed by atoms with Crippen molar-refractivity contribution in [1.82, 2.24) is 19.7 Å². The molecule has 7 nitrogen and oxygen atoms in total. The normalized spacial score (nSPS) is 10.9. The molecule has 27 heavy (non-hydrogen) atoms. The molecule has 0 aliphatic rings. The third kappa shape index (κ3) is 3.39. The smallest absolute Gasteiger partial charge is 0.316 e. The molecule has 0 saturated carbocycles. The van der Waals surface area contributed by atoms with Crippen LogP contribution in [0.1, 0.15) is 11.1 Å². The maximum atomic E-state index is 12.2. The Kier molecular flexibility index (Phi) is 4.33. The number of H-pyrrole nitrogens is 1. The second-order valence-electron chi connectivity index (χ2n) is 6.30. The molecule has 0 spiro atoms. The zero-order valence-electron chi connectivity index (χ0n) is 15.1. The predicted molar refractivity (Wildman–Crippen MR) is 105 cm³/mol. The predicted octanol–water partition coefficient (Wildman–Crippen LogP) is 3.23. The summed E-state index contributed by atoms with van der Waals surface area (Å²) in [4.78, 5) is 16.4. The first-order chi connectivity index (χ1) is 13.1. The van der Waals surface area contributed by atoms with Crippen molar-refractivity contribution in [2.24, 2.45) is 0 Å². The van der Waals surface area contributed by atoms with Crippen molar-refractivity contribution < 1.29 is 4.74 Å². The number of nitrogens with one attached hydrogen (secondary N) is 2. The van der Waals surface area contributed by atoms with Gasteiger partial charge in [0.05, 0.1) is 31.6 Å². The Hall–Kier alpha value is -3.61. The van der Waals surface area contributed by atoms with E-state index in [0.717, 1.165) is 27.7 Å². The second kappa shape index (κ2) is 6.95. The average Bonchev–Trinajstić information content (AvgIpc) is 3.12. The van der Waals surface area contributed by atoms with E-state index in [-0.39, 0.29) is 5.75 Å². The number of benzene rings is 2. The van der Waals surface area contributed by atoms with E-state index in [1.165, 1.54) is 7.11 Å². The molecule has 0 aliphatic carbocycles. The highest BCUT2D eigenvalue weighted by Crippen LogP contribution is 2.25. The minimum atomic E-state index is -0.412. The number of nitrogens with zero attached hydrogens (tertiary/aromatic N) is 3. The number of hydrogen-bond acceptors (Lipinski definition) is 5. The highest BCUT2D eigenvalue weighted by atomic mass is 16.5. The van der Waals surface area contributed by atoms with Crippen molar-refractivity contribution in [1.29, 1.82) is 0 Å². The van der Waals surface area contributed by atoms with Gasteiger partial charge in [0, 0.05) is 11.1 Å². The van der Waals surface area contributed by atoms with Crippen LogP contribution in [0.15, 0.2) is 59.7 Å². The molecule has 0 fully saturated rings. The largest absolute Gasteiger partial charge is 0.490 e. The van der Waals surface area contributed by atoms with E-state index in [1.54, 1.807) is 12.4 Å². The number of methoxy groups -OCH3 is 1. The van der Waals surface area contributed by atoms with E-state index >= 15 is 0 Å². The lowest BCUT2D eigenvalue weighted by molar-refractivity contribution is 0.402. The second-order valence-corrected chi connectivity index (χ2v) is 6.30. The zero-order valence-corrected chi connectivity index (χ0v) is 15.1. The van der Waals surface area contributed by atoms with Crippen molar-refractivity contribution in [3.05, 3.63) is 76.3 Å². The van der Waals surface area contributed by atoms with Crippen LogP contribution in [0.5, 0.6) is 5.75 Å². The van der Waals surface area contributed by atoms with Gasteiger partial charge in [0.15, 0.2) is 0 Å². The molecule has 136 valence electrons. The fourth-order valence-electron chi connectivity index (χ4n) is 2.97. The van der Waals surface area contributed by atoms with E-state index in [1.807, 2.05) is 54.0 Å². The van der Waals surface area contributed by atoms with Crippen LogP contribution in [0.4, 0.5) is 11.6 Å². The van der Waals surface area contributed by atoms with Gasteiger partial charge in [0.2, 0.25) is 11.7 Å². The molecule has 4 aromatic rings. The first-order valence-electron chi connectivity index (χ1n) is 8.54. The minimum Gasteiger partial charge on any atom is -0.490 e. The Bertz CT molecular complexity index is 1150.